The normalized spacial score (nSPS) is 17.1. The molecule has 0 bridgehead atoms. The number of carbonyl (C=O) groups is 3. The average molecular weight is 539 g/mol. The van der Waals surface area contributed by atoms with Crippen LogP contribution < -0.4 is 16.0 Å². The van der Waals surface area contributed by atoms with Crippen molar-refractivity contribution in [3.63, 3.8) is 0 Å². The maximum atomic E-state index is 14.8. The Morgan fingerprint density at radius 3 is 2.39 bits per heavy atom. The van der Waals surface area contributed by atoms with E-state index in [0.717, 1.165) is 12.1 Å². The first-order valence-electron chi connectivity index (χ1n) is 9.60. The smallest absolute Gasteiger partial charge is 0.257 e. The van der Waals surface area contributed by atoms with Crippen LogP contribution in [0.4, 0.5) is 25.8 Å². The summed E-state index contributed by atoms with van der Waals surface area (Å²) < 4.78 is 27.8. The highest BCUT2D eigenvalue weighted by atomic mass is 35.5. The summed E-state index contributed by atoms with van der Waals surface area (Å²) in [6.07, 6.45) is 0.135. The molecule has 1 aliphatic rings. The fourth-order valence-electron chi connectivity index (χ4n) is 2.90. The minimum atomic E-state index is -1.19. The Morgan fingerprint density at radius 1 is 1.12 bits per heavy atom. The van der Waals surface area contributed by atoms with Gasteiger partial charge in [-0.3, -0.25) is 14.4 Å². The highest BCUT2D eigenvalue weighted by Gasteiger charge is 2.56. The van der Waals surface area contributed by atoms with Crippen LogP contribution in [-0.4, -0.2) is 27.4 Å². The van der Waals surface area contributed by atoms with Crippen molar-refractivity contribution in [1.29, 1.82) is 0 Å². The number of anilines is 3. The summed E-state index contributed by atoms with van der Waals surface area (Å²) in [6, 6.07) is 6.00. The highest BCUT2D eigenvalue weighted by Crippen LogP contribution is 2.53. The Kier molecular flexibility index (Phi) is 7.73. The van der Waals surface area contributed by atoms with E-state index in [1.165, 1.54) is 18.2 Å². The number of rotatable bonds is 7. The van der Waals surface area contributed by atoms with Gasteiger partial charge in [0.15, 0.2) is 5.82 Å². The van der Waals surface area contributed by atoms with Crippen molar-refractivity contribution in [2.24, 2.45) is 5.92 Å². The summed E-state index contributed by atoms with van der Waals surface area (Å²) in [5, 5.41) is 6.45. The van der Waals surface area contributed by atoms with E-state index >= 15 is 0 Å². The second-order valence-electron chi connectivity index (χ2n) is 7.47. The number of carbonyl (C=O) groups excluding carboxylic acids is 3. The van der Waals surface area contributed by atoms with E-state index in [-0.39, 0.29) is 22.7 Å². The molecule has 6 nitrogen and oxygen atoms in total. The van der Waals surface area contributed by atoms with E-state index in [9.17, 15) is 23.2 Å². The molecular weight excluding hydrogens is 522 g/mol. The van der Waals surface area contributed by atoms with Crippen molar-refractivity contribution in [3.05, 3.63) is 52.6 Å². The number of amides is 3. The molecule has 1 fully saturated rings. The van der Waals surface area contributed by atoms with Crippen molar-refractivity contribution in [2.45, 2.75) is 29.5 Å². The molecule has 0 heterocycles. The molecule has 33 heavy (non-hydrogen) atoms. The van der Waals surface area contributed by atoms with Crippen molar-refractivity contribution in [1.82, 2.24) is 0 Å². The van der Waals surface area contributed by atoms with Gasteiger partial charge in [-0.15, -0.1) is 34.8 Å². The van der Waals surface area contributed by atoms with E-state index < -0.39 is 56.4 Å². The standard InChI is InChI=1S/C21H17Cl4F2N3O3/c1-9(22)6-16(31)30-18-14(26)4-5-15(17(18)27)29-19(32)11-7-10(2-3-13(11)23)28-20(33)12-8-21(12,24)25/h2-5,7,9,12H,6,8H2,1H3,(H,28,33)(H,29,32)(H,30,31). The van der Waals surface area contributed by atoms with Crippen LogP contribution in [0.5, 0.6) is 0 Å². The molecule has 0 aliphatic heterocycles. The van der Waals surface area contributed by atoms with Crippen molar-refractivity contribution < 1.29 is 23.2 Å². The van der Waals surface area contributed by atoms with Gasteiger partial charge in [-0.05, 0) is 43.7 Å². The minimum Gasteiger partial charge on any atom is -0.326 e. The predicted molar refractivity (Wildman–Crippen MR) is 125 cm³/mol. The minimum absolute atomic E-state index is 0.0214. The maximum absolute atomic E-state index is 14.8. The summed E-state index contributed by atoms with van der Waals surface area (Å²) in [4.78, 5) is 36.8. The Bertz CT molecular complexity index is 1130. The SMILES string of the molecule is CC(Cl)CC(=O)Nc1c(F)ccc(NC(=O)c2cc(NC(=O)C3CC3(Cl)Cl)ccc2Cl)c1F. The lowest BCUT2D eigenvalue weighted by molar-refractivity contribution is -0.117. The van der Waals surface area contributed by atoms with Crippen LogP contribution in [0, 0.1) is 17.6 Å². The molecular formula is C21H17Cl4F2N3O3. The van der Waals surface area contributed by atoms with E-state index in [1.807, 2.05) is 0 Å². The Hall–Kier alpha value is -2.13. The molecule has 0 radical (unpaired) electrons. The molecule has 2 unspecified atom stereocenters. The highest BCUT2D eigenvalue weighted by molar-refractivity contribution is 6.52. The van der Waals surface area contributed by atoms with Crippen LogP contribution in [0.2, 0.25) is 5.02 Å². The van der Waals surface area contributed by atoms with E-state index in [0.29, 0.717) is 6.42 Å². The van der Waals surface area contributed by atoms with Crippen LogP contribution in [0.3, 0.4) is 0 Å². The zero-order valence-corrected chi connectivity index (χ0v) is 20.0. The molecule has 3 rings (SSSR count). The van der Waals surface area contributed by atoms with Gasteiger partial charge in [-0.25, -0.2) is 8.78 Å². The molecule has 176 valence electrons. The fourth-order valence-corrected chi connectivity index (χ4v) is 3.75. The summed E-state index contributed by atoms with van der Waals surface area (Å²) >= 11 is 23.6. The molecule has 2 atom stereocenters. The molecule has 12 heteroatoms. The summed E-state index contributed by atoms with van der Waals surface area (Å²) in [7, 11) is 0. The number of alkyl halides is 3. The molecule has 3 amide bonds. The summed E-state index contributed by atoms with van der Waals surface area (Å²) in [5.74, 6) is -4.75. The lowest BCUT2D eigenvalue weighted by atomic mass is 10.1. The quantitative estimate of drug-likeness (QED) is 0.380. The third kappa shape index (κ3) is 6.26. The maximum Gasteiger partial charge on any atom is 0.257 e. The van der Waals surface area contributed by atoms with Gasteiger partial charge in [-0.2, -0.15) is 0 Å². The molecule has 2 aromatic rings. The van der Waals surface area contributed by atoms with Gasteiger partial charge in [0.05, 0.1) is 22.2 Å². The molecule has 2 aromatic carbocycles. The van der Waals surface area contributed by atoms with Crippen LogP contribution in [-0.2, 0) is 9.59 Å². The van der Waals surface area contributed by atoms with Gasteiger partial charge < -0.3 is 16.0 Å². The summed E-state index contributed by atoms with van der Waals surface area (Å²) in [6.45, 7) is 1.55. The van der Waals surface area contributed by atoms with E-state index in [2.05, 4.69) is 16.0 Å². The van der Waals surface area contributed by atoms with Crippen LogP contribution in [0.1, 0.15) is 30.1 Å². The number of benzene rings is 2. The second-order valence-corrected chi connectivity index (χ2v) is 10.2. The van der Waals surface area contributed by atoms with Gasteiger partial charge in [0, 0.05) is 17.5 Å². The number of nitrogens with one attached hydrogen (secondary N) is 3. The van der Waals surface area contributed by atoms with Gasteiger partial charge in [0.1, 0.15) is 15.8 Å². The second kappa shape index (κ2) is 10.0. The first-order chi connectivity index (χ1) is 15.4. The van der Waals surface area contributed by atoms with Crippen molar-refractivity contribution in [3.8, 4) is 0 Å². The molecule has 0 aromatic heterocycles. The third-order valence-electron chi connectivity index (χ3n) is 4.69. The van der Waals surface area contributed by atoms with E-state index in [4.69, 9.17) is 46.4 Å². The monoisotopic (exact) mass is 537 g/mol. The topological polar surface area (TPSA) is 87.3 Å². The van der Waals surface area contributed by atoms with Gasteiger partial charge in [-0.1, -0.05) is 11.6 Å². The Balaban J connectivity index is 1.77. The average Bonchev–Trinajstić information content (AvgIpc) is 3.36. The first kappa shape index (κ1) is 25.5. The lowest BCUT2D eigenvalue weighted by Crippen LogP contribution is -2.19. The Labute approximate surface area is 207 Å². The largest absolute Gasteiger partial charge is 0.326 e. The van der Waals surface area contributed by atoms with Gasteiger partial charge in [0.25, 0.3) is 5.91 Å². The van der Waals surface area contributed by atoms with Gasteiger partial charge >= 0.3 is 0 Å². The fraction of sp³-hybridized carbons (Fsp3) is 0.286. The molecule has 1 aliphatic carbocycles. The number of hydrogen-bond donors (Lipinski definition) is 3. The zero-order valence-electron chi connectivity index (χ0n) is 16.9. The van der Waals surface area contributed by atoms with Crippen molar-refractivity contribution in [2.75, 3.05) is 16.0 Å². The van der Waals surface area contributed by atoms with Crippen LogP contribution >= 0.6 is 46.4 Å². The summed E-state index contributed by atoms with van der Waals surface area (Å²) in [5.41, 5.74) is -0.961. The number of hydrogen-bond acceptors (Lipinski definition) is 3. The van der Waals surface area contributed by atoms with Gasteiger partial charge in [0.2, 0.25) is 11.8 Å². The molecule has 3 N–H and O–H groups in total. The molecule has 0 saturated heterocycles. The Morgan fingerprint density at radius 2 is 1.79 bits per heavy atom. The lowest BCUT2D eigenvalue weighted by Gasteiger charge is -2.14. The predicted octanol–water partition coefficient (Wildman–Crippen LogP) is 5.96. The van der Waals surface area contributed by atoms with Crippen LogP contribution in [0.25, 0.3) is 0 Å². The van der Waals surface area contributed by atoms with Crippen molar-refractivity contribution >= 4 is 81.2 Å². The van der Waals surface area contributed by atoms with Crippen LogP contribution in [0.15, 0.2) is 30.3 Å². The molecule has 1 saturated carbocycles. The van der Waals surface area contributed by atoms with E-state index in [1.54, 1.807) is 6.92 Å². The first-order valence-corrected chi connectivity index (χ1v) is 11.2. The number of halogens is 6. The third-order valence-corrected chi connectivity index (χ3v) is 6.01. The zero-order chi connectivity index (χ0) is 24.5. The molecule has 0 spiro atoms.